The molecule has 0 aliphatic heterocycles. The summed E-state index contributed by atoms with van der Waals surface area (Å²) in [4.78, 5) is 22.7. The lowest BCUT2D eigenvalue weighted by atomic mass is 10.2. The molecule has 0 fully saturated rings. The topological polar surface area (TPSA) is 84.2 Å². The molecular weight excluding hydrogens is 270 g/mol. The number of nitrogens with one attached hydrogen (secondary N) is 1. The fourth-order valence-corrected chi connectivity index (χ4v) is 1.76. The first-order chi connectivity index (χ1) is 8.99. The van der Waals surface area contributed by atoms with Gasteiger partial charge < -0.3 is 10.4 Å². The van der Waals surface area contributed by atoms with Gasteiger partial charge in [0.2, 0.25) is 0 Å². The number of hydrogen-bond acceptors (Lipinski definition) is 3. The Labute approximate surface area is 113 Å². The molecule has 0 radical (unpaired) electrons. The van der Waals surface area contributed by atoms with Gasteiger partial charge in [0.25, 0.3) is 5.91 Å². The van der Waals surface area contributed by atoms with E-state index in [1.807, 2.05) is 0 Å². The first kappa shape index (κ1) is 13.1. The number of carbonyl (C=O) groups is 2. The van der Waals surface area contributed by atoms with Crippen molar-refractivity contribution in [3.63, 3.8) is 0 Å². The van der Waals surface area contributed by atoms with Crippen LogP contribution in [0.15, 0.2) is 30.5 Å². The minimum atomic E-state index is -1.08. The van der Waals surface area contributed by atoms with Crippen molar-refractivity contribution in [2.24, 2.45) is 7.05 Å². The lowest BCUT2D eigenvalue weighted by molar-refractivity contribution is 0.0696. The molecule has 0 spiro atoms. The quantitative estimate of drug-likeness (QED) is 0.900. The van der Waals surface area contributed by atoms with Gasteiger partial charge in [-0.2, -0.15) is 5.10 Å². The van der Waals surface area contributed by atoms with Crippen LogP contribution < -0.4 is 5.32 Å². The molecule has 0 saturated carbocycles. The molecule has 0 atom stereocenters. The van der Waals surface area contributed by atoms with Crippen LogP contribution >= 0.6 is 11.6 Å². The molecule has 0 bridgehead atoms. The van der Waals surface area contributed by atoms with E-state index in [9.17, 15) is 9.59 Å². The zero-order chi connectivity index (χ0) is 14.0. The Hall–Kier alpha value is -2.34. The van der Waals surface area contributed by atoms with Gasteiger partial charge in [-0.1, -0.05) is 11.6 Å². The fraction of sp³-hybridized carbons (Fsp3) is 0.0833. The number of rotatable bonds is 3. The lowest BCUT2D eigenvalue weighted by Crippen LogP contribution is -2.16. The molecular formula is C12H10ClN3O3. The van der Waals surface area contributed by atoms with E-state index in [0.717, 1.165) is 0 Å². The molecule has 0 saturated heterocycles. The van der Waals surface area contributed by atoms with Crippen LogP contribution in [0.3, 0.4) is 0 Å². The van der Waals surface area contributed by atoms with Crippen molar-refractivity contribution < 1.29 is 14.7 Å². The highest BCUT2D eigenvalue weighted by atomic mass is 35.5. The zero-order valence-electron chi connectivity index (χ0n) is 9.92. The number of nitrogens with zero attached hydrogens (tertiary/aromatic N) is 2. The van der Waals surface area contributed by atoms with Gasteiger partial charge in [-0.3, -0.25) is 9.48 Å². The minimum absolute atomic E-state index is 0.0588. The van der Waals surface area contributed by atoms with Crippen LogP contribution in [-0.2, 0) is 7.05 Å². The average Bonchev–Trinajstić information content (AvgIpc) is 2.77. The third-order valence-electron chi connectivity index (χ3n) is 2.52. The number of aryl methyl sites for hydroxylation is 1. The molecule has 1 aromatic carbocycles. The number of benzene rings is 1. The Kier molecular flexibility index (Phi) is 3.52. The van der Waals surface area contributed by atoms with Gasteiger partial charge in [0.1, 0.15) is 5.69 Å². The van der Waals surface area contributed by atoms with Gasteiger partial charge >= 0.3 is 5.97 Å². The smallest absolute Gasteiger partial charge is 0.335 e. The van der Waals surface area contributed by atoms with E-state index in [1.54, 1.807) is 13.1 Å². The maximum atomic E-state index is 11.9. The molecule has 98 valence electrons. The maximum absolute atomic E-state index is 11.9. The van der Waals surface area contributed by atoms with Crippen LogP contribution in [0.4, 0.5) is 5.69 Å². The number of hydrogen-bond donors (Lipinski definition) is 2. The second kappa shape index (κ2) is 5.11. The standard InChI is InChI=1S/C12H10ClN3O3/c1-16-10(4-5-14-16)11(17)15-9-3-2-7(12(18)19)6-8(9)13/h2-6H,1H3,(H,15,17)(H,18,19). The van der Waals surface area contributed by atoms with E-state index in [2.05, 4.69) is 10.4 Å². The Bertz CT molecular complexity index is 651. The maximum Gasteiger partial charge on any atom is 0.335 e. The molecule has 0 aliphatic rings. The normalized spacial score (nSPS) is 10.2. The van der Waals surface area contributed by atoms with Gasteiger partial charge in [-0.25, -0.2) is 4.79 Å². The average molecular weight is 280 g/mol. The third-order valence-corrected chi connectivity index (χ3v) is 2.83. The molecule has 1 amide bonds. The second-order valence-corrected chi connectivity index (χ2v) is 4.20. The van der Waals surface area contributed by atoms with E-state index in [1.165, 1.54) is 29.1 Å². The summed E-state index contributed by atoms with van der Waals surface area (Å²) in [7, 11) is 1.64. The summed E-state index contributed by atoms with van der Waals surface area (Å²) < 4.78 is 1.43. The monoisotopic (exact) mass is 279 g/mol. The van der Waals surface area contributed by atoms with Crippen molar-refractivity contribution in [3.05, 3.63) is 46.7 Å². The van der Waals surface area contributed by atoms with Crippen LogP contribution in [0.1, 0.15) is 20.8 Å². The van der Waals surface area contributed by atoms with E-state index in [4.69, 9.17) is 16.7 Å². The SMILES string of the molecule is Cn1nccc1C(=O)Nc1ccc(C(=O)O)cc1Cl. The van der Waals surface area contributed by atoms with Crippen molar-refractivity contribution in [3.8, 4) is 0 Å². The molecule has 2 N–H and O–H groups in total. The predicted molar refractivity (Wildman–Crippen MR) is 69.6 cm³/mol. The lowest BCUT2D eigenvalue weighted by Gasteiger charge is -2.08. The Morgan fingerprint density at radius 3 is 2.63 bits per heavy atom. The van der Waals surface area contributed by atoms with E-state index in [-0.39, 0.29) is 16.5 Å². The molecule has 7 heteroatoms. The van der Waals surface area contributed by atoms with Gasteiger partial charge in [-0.15, -0.1) is 0 Å². The van der Waals surface area contributed by atoms with E-state index in [0.29, 0.717) is 11.4 Å². The van der Waals surface area contributed by atoms with Gasteiger partial charge in [0, 0.05) is 13.2 Å². The van der Waals surface area contributed by atoms with Crippen molar-refractivity contribution in [2.75, 3.05) is 5.32 Å². The molecule has 0 aliphatic carbocycles. The highest BCUT2D eigenvalue weighted by Gasteiger charge is 2.13. The van der Waals surface area contributed by atoms with Crippen LogP contribution in [-0.4, -0.2) is 26.8 Å². The van der Waals surface area contributed by atoms with Gasteiger partial charge in [-0.05, 0) is 24.3 Å². The number of halogens is 1. The van der Waals surface area contributed by atoms with Crippen LogP contribution in [0, 0.1) is 0 Å². The summed E-state index contributed by atoms with van der Waals surface area (Å²) in [6.07, 6.45) is 1.50. The van der Waals surface area contributed by atoms with Gasteiger partial charge in [0.15, 0.2) is 0 Å². The number of aromatic carboxylic acids is 1. The van der Waals surface area contributed by atoms with E-state index >= 15 is 0 Å². The van der Waals surface area contributed by atoms with Crippen molar-refractivity contribution in [1.29, 1.82) is 0 Å². The second-order valence-electron chi connectivity index (χ2n) is 3.79. The molecule has 2 aromatic rings. The first-order valence-electron chi connectivity index (χ1n) is 5.31. The Morgan fingerprint density at radius 1 is 1.37 bits per heavy atom. The molecule has 1 heterocycles. The third kappa shape index (κ3) is 2.74. The minimum Gasteiger partial charge on any atom is -0.478 e. The summed E-state index contributed by atoms with van der Waals surface area (Å²) in [5.74, 6) is -1.45. The zero-order valence-corrected chi connectivity index (χ0v) is 10.7. The van der Waals surface area contributed by atoms with Crippen LogP contribution in [0.2, 0.25) is 5.02 Å². The van der Waals surface area contributed by atoms with Crippen molar-refractivity contribution in [2.45, 2.75) is 0 Å². The van der Waals surface area contributed by atoms with E-state index < -0.39 is 5.97 Å². The Morgan fingerprint density at radius 2 is 2.11 bits per heavy atom. The number of carboxylic acid groups (broad SMARTS) is 1. The summed E-state index contributed by atoms with van der Waals surface area (Å²) in [5.41, 5.74) is 0.778. The van der Waals surface area contributed by atoms with Crippen LogP contribution in [0.5, 0.6) is 0 Å². The number of carboxylic acids is 1. The molecule has 2 rings (SSSR count). The summed E-state index contributed by atoms with van der Waals surface area (Å²) in [5, 5.41) is 15.5. The predicted octanol–water partition coefficient (Wildman–Crippen LogP) is 2.02. The Balaban J connectivity index is 2.23. The highest BCUT2D eigenvalue weighted by Crippen LogP contribution is 2.23. The summed E-state index contributed by atoms with van der Waals surface area (Å²) in [6.45, 7) is 0. The fourth-order valence-electron chi connectivity index (χ4n) is 1.53. The van der Waals surface area contributed by atoms with Crippen LogP contribution in [0.25, 0.3) is 0 Å². The molecule has 0 unspecified atom stereocenters. The van der Waals surface area contributed by atoms with Crippen molar-refractivity contribution >= 4 is 29.2 Å². The molecule has 19 heavy (non-hydrogen) atoms. The largest absolute Gasteiger partial charge is 0.478 e. The number of amides is 1. The summed E-state index contributed by atoms with van der Waals surface area (Å²) >= 11 is 5.92. The first-order valence-corrected chi connectivity index (χ1v) is 5.69. The molecule has 1 aromatic heterocycles. The van der Waals surface area contributed by atoms with Crippen molar-refractivity contribution in [1.82, 2.24) is 9.78 Å². The van der Waals surface area contributed by atoms with Gasteiger partial charge in [0.05, 0.1) is 16.3 Å². The highest BCUT2D eigenvalue weighted by molar-refractivity contribution is 6.34. The molecule has 6 nitrogen and oxygen atoms in total. The summed E-state index contributed by atoms with van der Waals surface area (Å²) in [6, 6.07) is 5.66. The number of anilines is 1. The number of aromatic nitrogens is 2. The number of carbonyl (C=O) groups excluding carboxylic acids is 1.